The average Bonchev–Trinajstić information content (AvgIpc) is 1.57. The molecule has 0 radical (unpaired) electrons. The van der Waals surface area contributed by atoms with Crippen LogP contribution in [0, 0.1) is 0 Å². The monoisotopic (exact) mass is 1370 g/mol. The number of quaternary nitrogens is 1. The van der Waals surface area contributed by atoms with Crippen LogP contribution in [0.3, 0.4) is 0 Å². The van der Waals surface area contributed by atoms with Gasteiger partial charge in [0.25, 0.3) is 6.29 Å². The molecule has 554 valence electrons. The van der Waals surface area contributed by atoms with Crippen molar-refractivity contribution in [3.8, 4) is 0 Å². The fraction of sp³-hybridized carbons (Fsp3) is 0.567. The molecule has 0 aromatic heterocycles. The molecule has 0 fully saturated rings. The molecule has 0 saturated carbocycles. The van der Waals surface area contributed by atoms with Gasteiger partial charge in [-0.15, -0.1) is 0 Å². The molecular formula is C90H142NO8+. The molecule has 0 rings (SSSR count). The van der Waals surface area contributed by atoms with Gasteiger partial charge in [0.2, 0.25) is 0 Å². The first-order valence-corrected chi connectivity index (χ1v) is 38.9. The van der Waals surface area contributed by atoms with E-state index in [1.807, 2.05) is 21.1 Å². The highest BCUT2D eigenvalue weighted by Crippen LogP contribution is 2.16. The Morgan fingerprint density at radius 2 is 0.545 bits per heavy atom. The van der Waals surface area contributed by atoms with Crippen molar-refractivity contribution >= 4 is 17.9 Å². The molecule has 0 aliphatic carbocycles. The van der Waals surface area contributed by atoms with Gasteiger partial charge in [-0.2, -0.15) is 0 Å². The first-order valence-electron chi connectivity index (χ1n) is 38.9. The number of unbranched alkanes of at least 4 members (excludes halogenated alkanes) is 18. The summed E-state index contributed by atoms with van der Waals surface area (Å²) in [5.74, 6) is -2.08. The summed E-state index contributed by atoms with van der Waals surface area (Å²) in [4.78, 5) is 37.7. The lowest BCUT2D eigenvalue weighted by Gasteiger charge is -2.25. The van der Waals surface area contributed by atoms with Crippen molar-refractivity contribution in [2.75, 3.05) is 47.5 Å². The predicted octanol–water partition coefficient (Wildman–Crippen LogP) is 25.2. The maximum Gasteiger partial charge on any atom is 0.361 e. The summed E-state index contributed by atoms with van der Waals surface area (Å²) in [7, 11) is 5.95. The third kappa shape index (κ3) is 78.8. The molecule has 9 nitrogen and oxygen atoms in total. The number of carbonyl (C=O) groups excluding carboxylic acids is 2. The molecular weight excluding hydrogens is 1220 g/mol. The molecule has 0 bridgehead atoms. The Balaban J connectivity index is 4.18. The number of carboxylic acids is 1. The zero-order chi connectivity index (χ0) is 71.8. The van der Waals surface area contributed by atoms with Crippen molar-refractivity contribution in [2.45, 2.75) is 283 Å². The number of hydrogen-bond acceptors (Lipinski definition) is 7. The average molecular weight is 1370 g/mol. The van der Waals surface area contributed by atoms with E-state index in [4.69, 9.17) is 18.9 Å². The molecule has 0 heterocycles. The second-order valence-electron chi connectivity index (χ2n) is 26.2. The molecule has 0 aliphatic heterocycles. The number of carboxylic acid groups (broad SMARTS) is 1. The zero-order valence-corrected chi connectivity index (χ0v) is 63.3. The number of esters is 2. The second kappa shape index (κ2) is 77.3. The van der Waals surface area contributed by atoms with Gasteiger partial charge in [-0.05, 0) is 154 Å². The van der Waals surface area contributed by atoms with Crippen molar-refractivity contribution in [2.24, 2.45) is 0 Å². The van der Waals surface area contributed by atoms with E-state index >= 15 is 0 Å². The number of nitrogens with zero attached hydrogens (tertiary/aromatic N) is 1. The number of hydrogen-bond donors (Lipinski definition) is 1. The van der Waals surface area contributed by atoms with Gasteiger partial charge < -0.3 is 28.5 Å². The Kier molecular flexibility index (Phi) is 72.4. The standard InChI is InChI=1S/C90H141NO8/c1-6-8-10-12-14-16-18-20-22-24-26-28-30-32-34-36-38-40-41-42-43-44-45-46-47-49-50-52-54-56-58-60-62-64-66-68-70-72-74-76-78-80-87(92)97-84-86(85-98-90(89(94)95)96-83-82-91(3,4)5)99-88(93)81-79-77-75-73-71-69-67-65-63-61-59-57-55-53-51-48-39-37-35-33-31-29-27-25-23-21-19-17-15-13-11-9-7-2/h8-11,14-17,20-23,26-29,32-35,38-40,42-43,45-46,48,53,55,59,61,65,67,71,73,86,90H,6-7,12-13,18-19,24-25,30-31,36-37,41,44,47,49-52,54,56-58,60,62-64,66,68-70,72,74-85H2,1-5H3/p+1/b10-8-,11-9-,16-14-,17-15-,22-20-,23-21-,28-26-,29-27-,34-32-,35-33-,40-38-,43-42-,46-45-,48-39-,55-53-,61-59-,67-65-,73-71-. The van der Waals surface area contributed by atoms with Crippen molar-refractivity contribution < 1.29 is 42.9 Å². The first kappa shape index (κ1) is 92.6. The van der Waals surface area contributed by atoms with Crippen molar-refractivity contribution in [1.82, 2.24) is 0 Å². The third-order valence-corrected chi connectivity index (χ3v) is 15.7. The summed E-state index contributed by atoms with van der Waals surface area (Å²) in [5.41, 5.74) is 0. The largest absolute Gasteiger partial charge is 0.477 e. The minimum absolute atomic E-state index is 0.168. The van der Waals surface area contributed by atoms with Crippen LogP contribution >= 0.6 is 0 Å². The van der Waals surface area contributed by atoms with Gasteiger partial charge in [0, 0.05) is 12.8 Å². The fourth-order valence-corrected chi connectivity index (χ4v) is 9.88. The van der Waals surface area contributed by atoms with Crippen LogP contribution < -0.4 is 0 Å². The quantitative estimate of drug-likeness (QED) is 0.0211. The summed E-state index contributed by atoms with van der Waals surface area (Å²) < 4.78 is 22.9. The molecule has 99 heavy (non-hydrogen) atoms. The van der Waals surface area contributed by atoms with Crippen LogP contribution in [0.2, 0.25) is 0 Å². The second-order valence-corrected chi connectivity index (χ2v) is 26.2. The lowest BCUT2D eigenvalue weighted by atomic mass is 10.0. The number of ether oxygens (including phenoxy) is 4. The minimum atomic E-state index is -1.54. The highest BCUT2D eigenvalue weighted by molar-refractivity contribution is 5.71. The maximum atomic E-state index is 13.0. The molecule has 9 heteroatoms. The lowest BCUT2D eigenvalue weighted by Crippen LogP contribution is -2.40. The molecule has 0 aromatic carbocycles. The number of allylic oxidation sites excluding steroid dienone is 36. The fourth-order valence-electron chi connectivity index (χ4n) is 9.88. The van der Waals surface area contributed by atoms with Gasteiger partial charge in [-0.25, -0.2) is 4.79 Å². The van der Waals surface area contributed by atoms with Crippen molar-refractivity contribution in [3.63, 3.8) is 0 Å². The highest BCUT2D eigenvalue weighted by Gasteiger charge is 2.25. The molecule has 0 aromatic rings. The van der Waals surface area contributed by atoms with E-state index in [1.54, 1.807) is 0 Å². The SMILES string of the molecule is CC/C=C\C/C=C\C/C=C\C/C=C\C/C=C\C/C=C\C/C=C\C/C=C\C/C=C\C/C=C\CCCCC(=O)OC(COC(=O)CCCCCCCCCCCCCCCCCC/C=C\C/C=C\C/C=C\C/C=C\C/C=C\C/C=C\C/C=C\C/C=C\CC)COC(OCC[N+](C)(C)C)C(=O)O. The predicted molar refractivity (Wildman–Crippen MR) is 428 cm³/mol. The van der Waals surface area contributed by atoms with E-state index in [9.17, 15) is 19.5 Å². The van der Waals surface area contributed by atoms with Crippen LogP contribution in [0.15, 0.2) is 219 Å². The van der Waals surface area contributed by atoms with Gasteiger partial charge >= 0.3 is 17.9 Å². The molecule has 0 spiro atoms. The van der Waals surface area contributed by atoms with E-state index in [0.29, 0.717) is 17.4 Å². The van der Waals surface area contributed by atoms with Crippen LogP contribution in [-0.2, 0) is 33.3 Å². The van der Waals surface area contributed by atoms with Crippen LogP contribution in [0.4, 0.5) is 0 Å². The third-order valence-electron chi connectivity index (χ3n) is 15.7. The van der Waals surface area contributed by atoms with Crippen LogP contribution in [0.25, 0.3) is 0 Å². The Hall–Kier alpha value is -6.39. The Morgan fingerprint density at radius 3 is 0.828 bits per heavy atom. The molecule has 2 atom stereocenters. The summed E-state index contributed by atoms with van der Waals surface area (Å²) >= 11 is 0. The van der Waals surface area contributed by atoms with Crippen LogP contribution in [-0.4, -0.2) is 87.4 Å². The van der Waals surface area contributed by atoms with Crippen molar-refractivity contribution in [1.29, 1.82) is 0 Å². The Morgan fingerprint density at radius 1 is 0.303 bits per heavy atom. The van der Waals surface area contributed by atoms with Crippen molar-refractivity contribution in [3.05, 3.63) is 219 Å². The van der Waals surface area contributed by atoms with E-state index in [0.717, 1.165) is 148 Å². The highest BCUT2D eigenvalue weighted by atomic mass is 16.7. The van der Waals surface area contributed by atoms with Gasteiger partial charge in [-0.3, -0.25) is 9.59 Å². The summed E-state index contributed by atoms with van der Waals surface area (Å²) in [6.45, 7) is 4.58. The molecule has 1 N–H and O–H groups in total. The Bertz CT molecular complexity index is 2440. The van der Waals surface area contributed by atoms with Crippen LogP contribution in [0.1, 0.15) is 271 Å². The van der Waals surface area contributed by atoms with Crippen LogP contribution in [0.5, 0.6) is 0 Å². The van der Waals surface area contributed by atoms with Gasteiger partial charge in [0.1, 0.15) is 13.2 Å². The lowest BCUT2D eigenvalue weighted by molar-refractivity contribution is -0.870. The zero-order valence-electron chi connectivity index (χ0n) is 63.3. The maximum absolute atomic E-state index is 13.0. The Labute approximate surface area is 607 Å². The smallest absolute Gasteiger partial charge is 0.361 e. The topological polar surface area (TPSA) is 108 Å². The number of aliphatic carboxylic acids is 1. The number of carbonyl (C=O) groups is 3. The van der Waals surface area contributed by atoms with Gasteiger partial charge in [0.05, 0.1) is 34.4 Å². The van der Waals surface area contributed by atoms with E-state index in [-0.39, 0.29) is 38.6 Å². The van der Waals surface area contributed by atoms with E-state index in [2.05, 4.69) is 233 Å². The summed E-state index contributed by atoms with van der Waals surface area (Å²) in [6.07, 6.45) is 119. The normalized spacial score (nSPS) is 13.9. The molecule has 0 amide bonds. The van der Waals surface area contributed by atoms with E-state index < -0.39 is 24.3 Å². The van der Waals surface area contributed by atoms with Gasteiger partial charge in [-0.1, -0.05) is 322 Å². The van der Waals surface area contributed by atoms with Gasteiger partial charge in [0.15, 0.2) is 6.10 Å². The molecule has 0 saturated heterocycles. The molecule has 2 unspecified atom stereocenters. The summed E-state index contributed by atoms with van der Waals surface area (Å²) in [6, 6.07) is 0. The first-order chi connectivity index (χ1) is 48.6. The van der Waals surface area contributed by atoms with E-state index in [1.165, 1.54) is 89.9 Å². The minimum Gasteiger partial charge on any atom is -0.477 e. The number of rotatable bonds is 69. The summed E-state index contributed by atoms with van der Waals surface area (Å²) in [5, 5.41) is 9.76. The molecule has 0 aliphatic rings. The number of likely N-dealkylation sites (N-methyl/N-ethyl adjacent to an activating group) is 1.